The molecule has 0 radical (unpaired) electrons. The molecule has 0 aromatic heterocycles. The van der Waals surface area contributed by atoms with Crippen LogP contribution in [0.4, 0.5) is 8.78 Å². The van der Waals surface area contributed by atoms with Crippen molar-refractivity contribution in [2.45, 2.75) is 71.6 Å². The molecule has 1 aromatic carbocycles. The van der Waals surface area contributed by atoms with Crippen LogP contribution in [0.1, 0.15) is 71.6 Å². The fourth-order valence-electron chi connectivity index (χ4n) is 5.14. The van der Waals surface area contributed by atoms with E-state index in [-0.39, 0.29) is 11.5 Å². The van der Waals surface area contributed by atoms with Crippen LogP contribution < -0.4 is 9.47 Å². The molecule has 2 aliphatic rings. The maximum atomic E-state index is 14.1. The van der Waals surface area contributed by atoms with Gasteiger partial charge in [0.15, 0.2) is 11.5 Å². The van der Waals surface area contributed by atoms with Crippen molar-refractivity contribution in [2.24, 2.45) is 23.7 Å². The maximum absolute atomic E-state index is 14.1. The van der Waals surface area contributed by atoms with Crippen LogP contribution >= 0.6 is 0 Å². The van der Waals surface area contributed by atoms with E-state index in [9.17, 15) is 8.78 Å². The summed E-state index contributed by atoms with van der Waals surface area (Å²) in [5.41, 5.74) is 0. The lowest BCUT2D eigenvalue weighted by Crippen LogP contribution is -2.24. The number of hydrogen-bond acceptors (Lipinski definition) is 2. The van der Waals surface area contributed by atoms with Gasteiger partial charge >= 0.3 is 0 Å². The van der Waals surface area contributed by atoms with Crippen LogP contribution in [0.15, 0.2) is 12.1 Å². The molecule has 4 heteroatoms. The van der Waals surface area contributed by atoms with Crippen molar-refractivity contribution in [3.05, 3.63) is 23.8 Å². The summed E-state index contributed by atoms with van der Waals surface area (Å²) in [6.45, 7) is 4.81. The van der Waals surface area contributed by atoms with Gasteiger partial charge in [-0.05, 0) is 81.3 Å². The van der Waals surface area contributed by atoms with Gasteiger partial charge in [0.2, 0.25) is 11.6 Å². The van der Waals surface area contributed by atoms with Crippen molar-refractivity contribution < 1.29 is 18.3 Å². The van der Waals surface area contributed by atoms with Crippen molar-refractivity contribution >= 4 is 0 Å². The van der Waals surface area contributed by atoms with Gasteiger partial charge in [0.05, 0.1) is 13.2 Å². The predicted molar refractivity (Wildman–Crippen MR) is 104 cm³/mol. The molecule has 2 fully saturated rings. The van der Waals surface area contributed by atoms with Crippen LogP contribution in [-0.4, -0.2) is 13.2 Å². The highest BCUT2D eigenvalue weighted by Gasteiger charge is 2.33. The molecule has 3 rings (SSSR count). The molecule has 2 unspecified atom stereocenters. The van der Waals surface area contributed by atoms with E-state index in [1.807, 2.05) is 0 Å². The maximum Gasteiger partial charge on any atom is 0.204 e. The quantitative estimate of drug-likeness (QED) is 0.496. The zero-order valence-corrected chi connectivity index (χ0v) is 16.8. The molecule has 0 spiro atoms. The second kappa shape index (κ2) is 9.75. The van der Waals surface area contributed by atoms with Gasteiger partial charge in [-0.25, -0.2) is 0 Å². The molecular formula is C23H34F2O2. The fraction of sp³-hybridized carbons (Fsp3) is 0.739. The van der Waals surface area contributed by atoms with Crippen molar-refractivity contribution in [1.29, 1.82) is 0 Å². The molecule has 0 bridgehead atoms. The van der Waals surface area contributed by atoms with Gasteiger partial charge in [-0.15, -0.1) is 0 Å². The molecule has 0 saturated heterocycles. The number of hydrogen-bond donors (Lipinski definition) is 0. The van der Waals surface area contributed by atoms with Crippen LogP contribution in [-0.2, 0) is 0 Å². The summed E-state index contributed by atoms with van der Waals surface area (Å²) < 4.78 is 38.8. The van der Waals surface area contributed by atoms with Gasteiger partial charge in [0.25, 0.3) is 0 Å². The zero-order valence-electron chi connectivity index (χ0n) is 16.8. The third-order valence-electron chi connectivity index (χ3n) is 6.62. The number of rotatable bonds is 8. The van der Waals surface area contributed by atoms with E-state index in [2.05, 4.69) is 6.92 Å². The summed E-state index contributed by atoms with van der Waals surface area (Å²) in [5, 5.41) is 0. The Balaban J connectivity index is 1.44. The average Bonchev–Trinajstić information content (AvgIpc) is 3.14. The first kappa shape index (κ1) is 20.4. The second-order valence-corrected chi connectivity index (χ2v) is 8.44. The number of halogens is 2. The fourth-order valence-corrected chi connectivity index (χ4v) is 5.14. The molecule has 1 aromatic rings. The molecule has 2 aliphatic carbocycles. The number of benzene rings is 1. The van der Waals surface area contributed by atoms with Crippen molar-refractivity contribution in [1.82, 2.24) is 0 Å². The van der Waals surface area contributed by atoms with Crippen LogP contribution in [0.25, 0.3) is 0 Å². The SMILES string of the molecule is CCCC1CCC(C2CCC(COc3ccc(OCC)c(F)c3F)CC2)C1. The first-order valence-electron chi connectivity index (χ1n) is 10.9. The van der Waals surface area contributed by atoms with Crippen molar-refractivity contribution in [2.75, 3.05) is 13.2 Å². The van der Waals surface area contributed by atoms with Crippen LogP contribution in [0.2, 0.25) is 0 Å². The predicted octanol–water partition coefficient (Wildman–Crippen LogP) is 6.77. The third kappa shape index (κ3) is 5.14. The molecule has 0 amide bonds. The Kier molecular flexibility index (Phi) is 7.37. The Labute approximate surface area is 162 Å². The standard InChI is InChI=1S/C23H34F2O2/c1-3-5-16-6-11-19(14-16)18-9-7-17(8-10-18)15-27-21-13-12-20(26-4-2)22(24)23(21)25/h12-13,16-19H,3-11,14-15H2,1-2H3. The van der Waals surface area contributed by atoms with Gasteiger partial charge in [-0.2, -0.15) is 8.78 Å². The first-order chi connectivity index (χ1) is 13.1. The van der Waals surface area contributed by atoms with E-state index in [0.29, 0.717) is 19.1 Å². The molecule has 2 saturated carbocycles. The highest BCUT2D eigenvalue weighted by atomic mass is 19.2. The van der Waals surface area contributed by atoms with E-state index in [1.54, 1.807) is 6.92 Å². The lowest BCUT2D eigenvalue weighted by molar-refractivity contribution is 0.149. The Hall–Kier alpha value is -1.32. The monoisotopic (exact) mass is 380 g/mol. The third-order valence-corrected chi connectivity index (χ3v) is 6.62. The Morgan fingerprint density at radius 2 is 1.41 bits per heavy atom. The summed E-state index contributed by atoms with van der Waals surface area (Å²) in [6.07, 6.45) is 11.8. The average molecular weight is 381 g/mol. The second-order valence-electron chi connectivity index (χ2n) is 8.44. The minimum absolute atomic E-state index is 0.00345. The Morgan fingerprint density at radius 1 is 0.815 bits per heavy atom. The summed E-state index contributed by atoms with van der Waals surface area (Å²) in [7, 11) is 0. The van der Waals surface area contributed by atoms with E-state index < -0.39 is 11.6 Å². The van der Waals surface area contributed by atoms with Gasteiger partial charge in [0.1, 0.15) is 0 Å². The van der Waals surface area contributed by atoms with Crippen LogP contribution in [0.3, 0.4) is 0 Å². The summed E-state index contributed by atoms with van der Waals surface area (Å²) in [4.78, 5) is 0. The normalized spacial score (nSPS) is 28.3. The van der Waals surface area contributed by atoms with Crippen LogP contribution in [0.5, 0.6) is 11.5 Å². The molecule has 27 heavy (non-hydrogen) atoms. The van der Waals surface area contributed by atoms with E-state index >= 15 is 0 Å². The minimum atomic E-state index is -0.957. The van der Waals surface area contributed by atoms with E-state index in [0.717, 1.165) is 30.6 Å². The molecule has 2 nitrogen and oxygen atoms in total. The van der Waals surface area contributed by atoms with Crippen molar-refractivity contribution in [3.63, 3.8) is 0 Å². The van der Waals surface area contributed by atoms with Gasteiger partial charge in [-0.3, -0.25) is 0 Å². The molecule has 0 N–H and O–H groups in total. The number of ether oxygens (including phenoxy) is 2. The van der Waals surface area contributed by atoms with Crippen molar-refractivity contribution in [3.8, 4) is 11.5 Å². The molecule has 0 heterocycles. The highest BCUT2D eigenvalue weighted by Crippen LogP contribution is 2.44. The molecule has 2 atom stereocenters. The van der Waals surface area contributed by atoms with E-state index in [1.165, 1.54) is 57.1 Å². The summed E-state index contributed by atoms with van der Waals surface area (Å²) in [6, 6.07) is 2.92. The summed E-state index contributed by atoms with van der Waals surface area (Å²) >= 11 is 0. The first-order valence-corrected chi connectivity index (χ1v) is 10.9. The smallest absolute Gasteiger partial charge is 0.204 e. The van der Waals surface area contributed by atoms with Gasteiger partial charge in [-0.1, -0.05) is 26.2 Å². The van der Waals surface area contributed by atoms with Gasteiger partial charge in [0, 0.05) is 0 Å². The largest absolute Gasteiger partial charge is 0.491 e. The molecule has 0 aliphatic heterocycles. The highest BCUT2D eigenvalue weighted by molar-refractivity contribution is 5.35. The van der Waals surface area contributed by atoms with Crippen LogP contribution in [0, 0.1) is 35.3 Å². The minimum Gasteiger partial charge on any atom is -0.491 e. The zero-order chi connectivity index (χ0) is 19.2. The molecular weight excluding hydrogens is 346 g/mol. The summed E-state index contributed by atoms with van der Waals surface area (Å²) in [5.74, 6) is 1.23. The Morgan fingerprint density at radius 3 is 2.04 bits per heavy atom. The molecule has 152 valence electrons. The van der Waals surface area contributed by atoms with Gasteiger partial charge < -0.3 is 9.47 Å². The van der Waals surface area contributed by atoms with E-state index in [4.69, 9.17) is 9.47 Å². The lowest BCUT2D eigenvalue weighted by Gasteiger charge is -2.32. The topological polar surface area (TPSA) is 18.5 Å². The Bertz CT molecular complexity index is 596. The lowest BCUT2D eigenvalue weighted by atomic mass is 9.75.